The molecule has 1 aliphatic rings. The lowest BCUT2D eigenvalue weighted by Gasteiger charge is -2.14. The van der Waals surface area contributed by atoms with Gasteiger partial charge in [-0.1, -0.05) is 24.3 Å². The SMILES string of the molecule is Nc1[nH]nc2ncc(-c3ccc(CNc4ncc(C(F)(F)F)cc4C(=O)NC4CC4)cc3)cc12. The fourth-order valence-corrected chi connectivity index (χ4v) is 3.50. The van der Waals surface area contributed by atoms with Crippen molar-refractivity contribution in [1.82, 2.24) is 25.5 Å². The van der Waals surface area contributed by atoms with E-state index in [1.807, 2.05) is 30.3 Å². The Labute approximate surface area is 191 Å². The van der Waals surface area contributed by atoms with Gasteiger partial charge < -0.3 is 16.4 Å². The lowest BCUT2D eigenvalue weighted by Crippen LogP contribution is -2.27. The van der Waals surface area contributed by atoms with Gasteiger partial charge in [0.2, 0.25) is 0 Å². The van der Waals surface area contributed by atoms with Crippen LogP contribution in [0, 0.1) is 0 Å². The van der Waals surface area contributed by atoms with Crippen LogP contribution in [0.3, 0.4) is 0 Å². The summed E-state index contributed by atoms with van der Waals surface area (Å²) in [5.74, 6) is -0.0311. The molecule has 0 spiro atoms. The fraction of sp³-hybridized carbons (Fsp3) is 0.217. The van der Waals surface area contributed by atoms with E-state index in [0.29, 0.717) is 11.5 Å². The lowest BCUT2D eigenvalue weighted by molar-refractivity contribution is -0.137. The van der Waals surface area contributed by atoms with Gasteiger partial charge in [-0.2, -0.15) is 18.3 Å². The number of nitrogens with zero attached hydrogens (tertiary/aromatic N) is 3. The second kappa shape index (κ2) is 8.32. The number of pyridine rings is 2. The van der Waals surface area contributed by atoms with Crippen molar-refractivity contribution in [2.24, 2.45) is 0 Å². The Morgan fingerprint density at radius 1 is 1.09 bits per heavy atom. The predicted molar refractivity (Wildman–Crippen MR) is 121 cm³/mol. The van der Waals surface area contributed by atoms with E-state index in [-0.39, 0.29) is 24.0 Å². The standard InChI is InChI=1S/C23H20F3N7O/c24-23(25,26)15-8-18(22(34)31-16-5-6-16)20(30-11-15)28-9-12-1-3-13(4-2-12)14-7-17-19(27)32-33-21(17)29-10-14/h1-4,7-8,10-11,16H,5-6,9H2,(H,28,30)(H,31,34)(H3,27,29,32,33). The zero-order valence-electron chi connectivity index (χ0n) is 17.8. The van der Waals surface area contributed by atoms with Crippen molar-refractivity contribution >= 4 is 28.6 Å². The molecule has 0 atom stereocenters. The average molecular weight is 467 g/mol. The molecule has 8 nitrogen and oxygen atoms in total. The smallest absolute Gasteiger partial charge is 0.384 e. The summed E-state index contributed by atoms with van der Waals surface area (Å²) < 4.78 is 39.4. The highest BCUT2D eigenvalue weighted by molar-refractivity contribution is 5.99. The van der Waals surface area contributed by atoms with Crippen molar-refractivity contribution in [2.75, 3.05) is 11.1 Å². The molecule has 174 valence electrons. The Bertz CT molecular complexity index is 1360. The van der Waals surface area contributed by atoms with E-state index in [4.69, 9.17) is 5.73 Å². The van der Waals surface area contributed by atoms with Crippen LogP contribution in [-0.4, -0.2) is 32.1 Å². The van der Waals surface area contributed by atoms with Crippen molar-refractivity contribution in [3.8, 4) is 11.1 Å². The molecule has 1 aromatic carbocycles. The highest BCUT2D eigenvalue weighted by Crippen LogP contribution is 2.31. The van der Waals surface area contributed by atoms with Crippen molar-refractivity contribution in [3.05, 3.63) is 65.5 Å². The van der Waals surface area contributed by atoms with E-state index in [9.17, 15) is 18.0 Å². The summed E-state index contributed by atoms with van der Waals surface area (Å²) in [5.41, 5.74) is 7.95. The normalized spacial score (nSPS) is 13.7. The van der Waals surface area contributed by atoms with Crippen molar-refractivity contribution in [3.63, 3.8) is 0 Å². The van der Waals surface area contributed by atoms with E-state index in [1.165, 1.54) is 0 Å². The van der Waals surface area contributed by atoms with Crippen LogP contribution in [0.15, 0.2) is 48.8 Å². The number of benzene rings is 1. The molecule has 1 aliphatic carbocycles. The van der Waals surface area contributed by atoms with Crippen LogP contribution in [0.5, 0.6) is 0 Å². The number of carbonyl (C=O) groups excluding carboxylic acids is 1. The summed E-state index contributed by atoms with van der Waals surface area (Å²) in [6.07, 6.45) is -0.516. The number of aromatic nitrogens is 4. The number of H-pyrrole nitrogens is 1. The van der Waals surface area contributed by atoms with Gasteiger partial charge in [0.1, 0.15) is 11.6 Å². The third-order valence-corrected chi connectivity index (χ3v) is 5.56. The molecule has 0 aliphatic heterocycles. The number of alkyl halides is 3. The largest absolute Gasteiger partial charge is 0.417 e. The van der Waals surface area contributed by atoms with Crippen LogP contribution < -0.4 is 16.4 Å². The minimum atomic E-state index is -4.59. The van der Waals surface area contributed by atoms with Crippen molar-refractivity contribution in [2.45, 2.75) is 31.6 Å². The number of amides is 1. The molecular weight excluding hydrogens is 447 g/mol. The molecule has 1 saturated carbocycles. The molecule has 0 saturated heterocycles. The van der Waals surface area contributed by atoms with Gasteiger partial charge in [-0.25, -0.2) is 9.97 Å². The number of rotatable bonds is 6. The molecule has 5 rings (SSSR count). The third-order valence-electron chi connectivity index (χ3n) is 5.56. The van der Waals surface area contributed by atoms with Crippen LogP contribution >= 0.6 is 0 Å². The zero-order chi connectivity index (χ0) is 23.9. The molecule has 0 unspecified atom stereocenters. The van der Waals surface area contributed by atoms with Crippen LogP contribution in [0.2, 0.25) is 0 Å². The first-order chi connectivity index (χ1) is 16.3. The summed E-state index contributed by atoms with van der Waals surface area (Å²) >= 11 is 0. The number of fused-ring (bicyclic) bond motifs is 1. The molecule has 0 radical (unpaired) electrons. The topological polar surface area (TPSA) is 122 Å². The molecule has 4 aromatic rings. The van der Waals surface area contributed by atoms with Crippen molar-refractivity contribution in [1.29, 1.82) is 0 Å². The quantitative estimate of drug-likeness (QED) is 0.338. The zero-order valence-corrected chi connectivity index (χ0v) is 17.8. The van der Waals surface area contributed by atoms with Gasteiger partial charge in [0, 0.05) is 30.5 Å². The van der Waals surface area contributed by atoms with E-state index in [0.717, 1.165) is 47.2 Å². The third kappa shape index (κ3) is 4.49. The summed E-state index contributed by atoms with van der Waals surface area (Å²) in [4.78, 5) is 20.7. The van der Waals surface area contributed by atoms with Gasteiger partial charge in [-0.05, 0) is 36.1 Å². The number of halogens is 3. The van der Waals surface area contributed by atoms with E-state index in [2.05, 4.69) is 30.8 Å². The predicted octanol–water partition coefficient (Wildman–Crippen LogP) is 4.13. The number of nitrogens with one attached hydrogen (secondary N) is 3. The number of carbonyl (C=O) groups is 1. The van der Waals surface area contributed by atoms with Gasteiger partial charge in [0.25, 0.3) is 5.91 Å². The highest BCUT2D eigenvalue weighted by Gasteiger charge is 2.33. The molecule has 34 heavy (non-hydrogen) atoms. The first-order valence-corrected chi connectivity index (χ1v) is 10.6. The number of nitrogen functional groups attached to an aromatic ring is 1. The molecule has 3 heterocycles. The van der Waals surface area contributed by atoms with Gasteiger partial charge >= 0.3 is 6.18 Å². The lowest BCUT2D eigenvalue weighted by atomic mass is 10.0. The Morgan fingerprint density at radius 3 is 2.56 bits per heavy atom. The number of nitrogens with two attached hydrogens (primary N) is 1. The summed E-state index contributed by atoms with van der Waals surface area (Å²) in [5, 5.41) is 13.1. The highest BCUT2D eigenvalue weighted by atomic mass is 19.4. The molecule has 5 N–H and O–H groups in total. The summed E-state index contributed by atoms with van der Waals surface area (Å²) in [6.45, 7) is 0.272. The van der Waals surface area contributed by atoms with Crippen LogP contribution in [-0.2, 0) is 12.7 Å². The van der Waals surface area contributed by atoms with Gasteiger partial charge in [0.15, 0.2) is 5.65 Å². The molecule has 3 aromatic heterocycles. The second-order valence-electron chi connectivity index (χ2n) is 8.15. The molecule has 11 heteroatoms. The summed E-state index contributed by atoms with van der Waals surface area (Å²) in [6, 6.07) is 10.3. The molecule has 1 fully saturated rings. The second-order valence-corrected chi connectivity index (χ2v) is 8.15. The fourth-order valence-electron chi connectivity index (χ4n) is 3.50. The number of hydrogen-bond donors (Lipinski definition) is 4. The number of hydrogen-bond acceptors (Lipinski definition) is 6. The minimum Gasteiger partial charge on any atom is -0.384 e. The van der Waals surface area contributed by atoms with Gasteiger partial charge in [0.05, 0.1) is 16.5 Å². The van der Waals surface area contributed by atoms with E-state index < -0.39 is 17.6 Å². The van der Waals surface area contributed by atoms with Crippen LogP contribution in [0.1, 0.15) is 34.3 Å². The Hall–Kier alpha value is -4.15. The maximum atomic E-state index is 13.1. The molecular formula is C23H20F3N7O. The maximum Gasteiger partial charge on any atom is 0.417 e. The first kappa shape index (κ1) is 21.7. The van der Waals surface area contributed by atoms with Gasteiger partial charge in [-0.3, -0.25) is 9.89 Å². The number of anilines is 2. The van der Waals surface area contributed by atoms with Gasteiger partial charge in [-0.15, -0.1) is 0 Å². The molecule has 0 bridgehead atoms. The van der Waals surface area contributed by atoms with E-state index in [1.54, 1.807) is 6.20 Å². The Balaban J connectivity index is 1.33. The summed E-state index contributed by atoms with van der Waals surface area (Å²) in [7, 11) is 0. The van der Waals surface area contributed by atoms with Crippen LogP contribution in [0.25, 0.3) is 22.2 Å². The maximum absolute atomic E-state index is 13.1. The monoisotopic (exact) mass is 467 g/mol. The minimum absolute atomic E-state index is 0.00791. The van der Waals surface area contributed by atoms with Crippen molar-refractivity contribution < 1.29 is 18.0 Å². The van der Waals surface area contributed by atoms with Crippen LogP contribution in [0.4, 0.5) is 24.8 Å². The average Bonchev–Trinajstić information content (AvgIpc) is 3.57. The van der Waals surface area contributed by atoms with E-state index >= 15 is 0 Å². The molecule has 1 amide bonds. The Morgan fingerprint density at radius 2 is 1.85 bits per heavy atom. The first-order valence-electron chi connectivity index (χ1n) is 10.6. The number of aromatic amines is 1. The Kier molecular flexibility index (Phi) is 5.31.